The third kappa shape index (κ3) is 3.84. The zero-order chi connectivity index (χ0) is 17.2. The SMILES string of the molecule is COc1ccc(C[NH+](Cn2[nH]c(-c3cccs3)nc2=S)C2CC2)cc1. The number of aromatic amines is 1. The molecule has 0 bridgehead atoms. The van der Waals surface area contributed by atoms with E-state index < -0.39 is 0 Å². The fraction of sp³-hybridized carbons (Fsp3) is 0.333. The average Bonchev–Trinajstić information content (AvgIpc) is 3.20. The monoisotopic (exact) mass is 373 g/mol. The summed E-state index contributed by atoms with van der Waals surface area (Å²) in [7, 11) is 1.70. The van der Waals surface area contributed by atoms with Gasteiger partial charge in [0, 0.05) is 18.4 Å². The van der Waals surface area contributed by atoms with Crippen molar-refractivity contribution in [2.24, 2.45) is 0 Å². The van der Waals surface area contributed by atoms with E-state index in [1.165, 1.54) is 23.3 Å². The number of methoxy groups -OCH3 is 1. The summed E-state index contributed by atoms with van der Waals surface area (Å²) < 4.78 is 7.87. The molecule has 2 heterocycles. The number of quaternary nitrogens is 1. The Hall–Kier alpha value is -1.96. The molecule has 2 aromatic heterocycles. The van der Waals surface area contributed by atoms with Crippen LogP contribution in [0.3, 0.4) is 0 Å². The normalized spacial score (nSPS) is 15.2. The van der Waals surface area contributed by atoms with Crippen molar-refractivity contribution in [3.8, 4) is 16.5 Å². The molecule has 0 saturated heterocycles. The van der Waals surface area contributed by atoms with Crippen LogP contribution in [0.5, 0.6) is 5.75 Å². The highest BCUT2D eigenvalue weighted by molar-refractivity contribution is 7.71. The highest BCUT2D eigenvalue weighted by Gasteiger charge is 2.33. The van der Waals surface area contributed by atoms with E-state index in [2.05, 4.69) is 33.7 Å². The van der Waals surface area contributed by atoms with E-state index in [9.17, 15) is 0 Å². The zero-order valence-corrected chi connectivity index (χ0v) is 15.7. The van der Waals surface area contributed by atoms with Gasteiger partial charge in [-0.3, -0.25) is 5.10 Å². The van der Waals surface area contributed by atoms with Gasteiger partial charge in [-0.25, -0.2) is 4.68 Å². The Bertz CT molecular complexity index is 879. The molecule has 4 rings (SSSR count). The van der Waals surface area contributed by atoms with Gasteiger partial charge >= 0.3 is 0 Å². The van der Waals surface area contributed by atoms with Crippen molar-refractivity contribution in [2.45, 2.75) is 32.1 Å². The number of thiophene rings is 1. The van der Waals surface area contributed by atoms with E-state index in [1.807, 2.05) is 22.9 Å². The van der Waals surface area contributed by atoms with E-state index in [-0.39, 0.29) is 0 Å². The van der Waals surface area contributed by atoms with Crippen molar-refractivity contribution >= 4 is 23.6 Å². The highest BCUT2D eigenvalue weighted by Crippen LogP contribution is 2.21. The lowest BCUT2D eigenvalue weighted by Gasteiger charge is -2.19. The van der Waals surface area contributed by atoms with Crippen LogP contribution >= 0.6 is 23.6 Å². The molecule has 5 nitrogen and oxygen atoms in total. The van der Waals surface area contributed by atoms with Crippen LogP contribution in [0.25, 0.3) is 10.7 Å². The van der Waals surface area contributed by atoms with Gasteiger partial charge in [-0.2, -0.15) is 4.98 Å². The van der Waals surface area contributed by atoms with E-state index in [4.69, 9.17) is 17.0 Å². The third-order valence-corrected chi connectivity index (χ3v) is 5.73. The number of hydrogen-bond donors (Lipinski definition) is 2. The molecule has 1 unspecified atom stereocenters. The molecule has 1 aliphatic carbocycles. The minimum Gasteiger partial charge on any atom is -0.497 e. The van der Waals surface area contributed by atoms with Crippen molar-refractivity contribution in [3.63, 3.8) is 0 Å². The number of H-pyrrole nitrogens is 1. The van der Waals surface area contributed by atoms with Crippen LogP contribution in [0.4, 0.5) is 0 Å². The number of aromatic nitrogens is 3. The van der Waals surface area contributed by atoms with Crippen LogP contribution in [0.1, 0.15) is 18.4 Å². The summed E-state index contributed by atoms with van der Waals surface area (Å²) in [4.78, 5) is 7.15. The maximum atomic E-state index is 5.46. The molecule has 1 atom stereocenters. The summed E-state index contributed by atoms with van der Waals surface area (Å²) in [5.41, 5.74) is 1.31. The topological polar surface area (TPSA) is 47.3 Å². The van der Waals surface area contributed by atoms with Gasteiger partial charge in [0.2, 0.25) is 4.77 Å². The Morgan fingerprint density at radius 2 is 2.12 bits per heavy atom. The third-order valence-electron chi connectivity index (χ3n) is 4.54. The number of nitrogens with one attached hydrogen (secondary N) is 2. The predicted molar refractivity (Wildman–Crippen MR) is 101 cm³/mol. The van der Waals surface area contributed by atoms with Gasteiger partial charge < -0.3 is 9.64 Å². The Balaban J connectivity index is 1.51. The molecule has 25 heavy (non-hydrogen) atoms. The van der Waals surface area contributed by atoms with Crippen LogP contribution in [0, 0.1) is 4.77 Å². The number of ether oxygens (including phenoxy) is 1. The predicted octanol–water partition coefficient (Wildman–Crippen LogP) is 2.88. The maximum absolute atomic E-state index is 5.46. The van der Waals surface area contributed by atoms with Crippen LogP contribution in [0.2, 0.25) is 0 Å². The lowest BCUT2D eigenvalue weighted by atomic mass is 10.2. The lowest BCUT2D eigenvalue weighted by molar-refractivity contribution is -0.947. The minimum atomic E-state index is 0.622. The van der Waals surface area contributed by atoms with E-state index in [1.54, 1.807) is 18.4 Å². The molecule has 130 valence electrons. The first-order chi connectivity index (χ1) is 12.2. The number of rotatable bonds is 7. The summed E-state index contributed by atoms with van der Waals surface area (Å²) in [6, 6.07) is 13.1. The van der Waals surface area contributed by atoms with E-state index >= 15 is 0 Å². The van der Waals surface area contributed by atoms with E-state index in [0.717, 1.165) is 29.7 Å². The van der Waals surface area contributed by atoms with Crippen molar-refractivity contribution in [1.82, 2.24) is 14.8 Å². The molecule has 7 heteroatoms. The van der Waals surface area contributed by atoms with E-state index in [0.29, 0.717) is 10.8 Å². The molecule has 1 saturated carbocycles. The molecular formula is C18H21N4OS2+. The van der Waals surface area contributed by atoms with Crippen molar-refractivity contribution in [3.05, 3.63) is 52.1 Å². The number of nitrogens with zero attached hydrogens (tertiary/aromatic N) is 2. The first kappa shape index (κ1) is 16.5. The second-order valence-corrected chi connectivity index (χ2v) is 7.69. The Kier molecular flexibility index (Phi) is 4.70. The molecule has 3 aromatic rings. The van der Waals surface area contributed by atoms with Gasteiger partial charge in [0.05, 0.1) is 18.0 Å². The molecule has 0 radical (unpaired) electrons. The number of benzene rings is 1. The Morgan fingerprint density at radius 1 is 1.32 bits per heavy atom. The van der Waals surface area contributed by atoms with Crippen molar-refractivity contribution in [1.29, 1.82) is 0 Å². The van der Waals surface area contributed by atoms with Crippen molar-refractivity contribution in [2.75, 3.05) is 7.11 Å². The van der Waals surface area contributed by atoms with Gasteiger partial charge in [-0.1, -0.05) is 6.07 Å². The van der Waals surface area contributed by atoms with Crippen LogP contribution in [-0.2, 0) is 13.2 Å². The standard InChI is InChI=1S/C18H20N4OS2/c1-23-15-8-4-13(5-9-15)11-21(14-6-7-14)12-22-18(24)19-17(20-22)16-3-2-10-25-16/h2-5,8-10,14H,6-7,11-12H2,1H3,(H,19,20,24)/p+1. The maximum Gasteiger partial charge on any atom is 0.221 e. The van der Waals surface area contributed by atoms with Crippen LogP contribution in [-0.4, -0.2) is 27.9 Å². The average molecular weight is 374 g/mol. The fourth-order valence-corrected chi connectivity index (χ4v) is 3.88. The van der Waals surface area contributed by atoms with Gasteiger partial charge in [-0.05, 0) is 47.9 Å². The smallest absolute Gasteiger partial charge is 0.221 e. The summed E-state index contributed by atoms with van der Waals surface area (Å²) in [6.45, 7) is 1.79. The largest absolute Gasteiger partial charge is 0.497 e. The second-order valence-electron chi connectivity index (χ2n) is 6.38. The molecule has 1 aromatic carbocycles. The van der Waals surface area contributed by atoms with Crippen LogP contribution < -0.4 is 9.64 Å². The quantitative estimate of drug-likeness (QED) is 0.626. The zero-order valence-electron chi connectivity index (χ0n) is 14.1. The second kappa shape index (κ2) is 7.11. The summed E-state index contributed by atoms with van der Waals surface area (Å²) in [5.74, 6) is 1.76. The Morgan fingerprint density at radius 3 is 2.76 bits per heavy atom. The fourth-order valence-electron chi connectivity index (χ4n) is 3.02. The molecule has 1 fully saturated rings. The molecule has 0 aliphatic heterocycles. The van der Waals surface area contributed by atoms with Gasteiger partial charge in [0.25, 0.3) is 0 Å². The van der Waals surface area contributed by atoms with Gasteiger partial charge in [0.15, 0.2) is 12.5 Å². The van der Waals surface area contributed by atoms with Gasteiger partial charge in [0.1, 0.15) is 12.3 Å². The number of hydrogen-bond acceptors (Lipinski definition) is 4. The lowest BCUT2D eigenvalue weighted by Crippen LogP contribution is -3.11. The minimum absolute atomic E-state index is 0.622. The molecule has 0 spiro atoms. The highest BCUT2D eigenvalue weighted by atomic mass is 32.1. The molecular weight excluding hydrogens is 352 g/mol. The van der Waals surface area contributed by atoms with Gasteiger partial charge in [-0.15, -0.1) is 11.3 Å². The first-order valence-electron chi connectivity index (χ1n) is 8.41. The summed E-state index contributed by atoms with van der Waals surface area (Å²) in [5, 5.41) is 5.42. The molecule has 2 N–H and O–H groups in total. The van der Waals surface area contributed by atoms with Crippen molar-refractivity contribution < 1.29 is 9.64 Å². The molecule has 1 aliphatic rings. The Labute approximate surface area is 155 Å². The summed E-state index contributed by atoms with van der Waals surface area (Å²) >= 11 is 7.13. The molecule has 0 amide bonds. The van der Waals surface area contributed by atoms with Crippen LogP contribution in [0.15, 0.2) is 41.8 Å². The summed E-state index contributed by atoms with van der Waals surface area (Å²) in [6.07, 6.45) is 2.56. The first-order valence-corrected chi connectivity index (χ1v) is 9.70.